The molecular weight excluding hydrogens is 546 g/mol. The first kappa shape index (κ1) is 28.6. The van der Waals surface area contributed by atoms with Crippen molar-refractivity contribution in [3.05, 3.63) is 58.5 Å². The first-order chi connectivity index (χ1) is 19.2. The van der Waals surface area contributed by atoms with E-state index in [0.29, 0.717) is 63.5 Å². The third-order valence-corrected chi connectivity index (χ3v) is 7.91. The summed E-state index contributed by atoms with van der Waals surface area (Å²) < 4.78 is 55.3. The molecule has 40 heavy (non-hydrogen) atoms. The Morgan fingerprint density at radius 1 is 1.15 bits per heavy atom. The molecule has 1 N–H and O–H groups in total. The van der Waals surface area contributed by atoms with Crippen molar-refractivity contribution in [3.63, 3.8) is 0 Å². The second-order valence-corrected chi connectivity index (χ2v) is 11.1. The minimum atomic E-state index is -4.44. The minimum absolute atomic E-state index is 0.00449. The standard InChI is InChI=1S/C28H34ClF4N7/c1-19(29)24(30)8-4-6-20-9-10-25(37-27(36-20)40-18-21-16-22(40)17-35-21)38-12-5-13-39(15-14-38)26-23(28(31,32)33)7-2-3-11-34-26/h2-4,8,10-11,21-22,35H,5-7,9,12-18H2,1H3/b8-4-,24-19-. The number of likely N-dealkylation sites (tertiary alicyclic amines) is 1. The molecule has 12 heteroatoms. The second kappa shape index (κ2) is 12.3. The number of guanidine groups is 1. The van der Waals surface area contributed by atoms with Crippen molar-refractivity contribution < 1.29 is 17.6 Å². The first-order valence-corrected chi connectivity index (χ1v) is 14.1. The van der Waals surface area contributed by atoms with E-state index in [9.17, 15) is 17.6 Å². The molecule has 5 aliphatic heterocycles. The third kappa shape index (κ3) is 6.68. The van der Waals surface area contributed by atoms with Crippen LogP contribution in [0.3, 0.4) is 0 Å². The average molecular weight is 580 g/mol. The zero-order valence-corrected chi connectivity index (χ0v) is 23.2. The van der Waals surface area contributed by atoms with Gasteiger partial charge in [-0.05, 0) is 44.4 Å². The fourth-order valence-electron chi connectivity index (χ4n) is 5.65. The Hall–Kier alpha value is -2.92. The lowest BCUT2D eigenvalue weighted by Crippen LogP contribution is -2.46. The molecule has 0 aromatic carbocycles. The molecule has 0 amide bonds. The van der Waals surface area contributed by atoms with Crippen LogP contribution in [0.5, 0.6) is 0 Å². The minimum Gasteiger partial charge on any atom is -0.355 e. The van der Waals surface area contributed by atoms with Crippen LogP contribution in [0.1, 0.15) is 39.0 Å². The number of halogens is 5. The lowest BCUT2D eigenvalue weighted by molar-refractivity contribution is -0.0951. The number of hydrogen-bond donors (Lipinski definition) is 1. The van der Waals surface area contributed by atoms with Crippen molar-refractivity contribution in [1.82, 2.24) is 20.0 Å². The van der Waals surface area contributed by atoms with Gasteiger partial charge in [-0.3, -0.25) is 0 Å². The van der Waals surface area contributed by atoms with Gasteiger partial charge in [0.25, 0.3) is 0 Å². The highest BCUT2D eigenvalue weighted by Gasteiger charge is 2.40. The summed E-state index contributed by atoms with van der Waals surface area (Å²) in [6.45, 7) is 5.23. The highest BCUT2D eigenvalue weighted by Crippen LogP contribution is 2.34. The van der Waals surface area contributed by atoms with E-state index in [1.165, 1.54) is 25.3 Å². The second-order valence-electron chi connectivity index (χ2n) is 10.5. The summed E-state index contributed by atoms with van der Waals surface area (Å²) in [4.78, 5) is 20.2. The highest BCUT2D eigenvalue weighted by atomic mass is 35.5. The summed E-state index contributed by atoms with van der Waals surface area (Å²) in [7, 11) is 0. The molecule has 0 radical (unpaired) electrons. The van der Waals surface area contributed by atoms with Crippen molar-refractivity contribution in [3.8, 4) is 0 Å². The third-order valence-electron chi connectivity index (χ3n) is 7.73. The lowest BCUT2D eigenvalue weighted by atomic mass is 10.1. The van der Waals surface area contributed by atoms with E-state index >= 15 is 0 Å². The van der Waals surface area contributed by atoms with E-state index in [1.54, 1.807) is 17.1 Å². The summed E-state index contributed by atoms with van der Waals surface area (Å²) in [6.07, 6.45) is 7.65. The van der Waals surface area contributed by atoms with E-state index in [0.717, 1.165) is 31.0 Å². The number of hydrogen-bond acceptors (Lipinski definition) is 7. The number of aliphatic imine (C=N–C) groups is 3. The molecule has 0 spiro atoms. The average Bonchev–Trinajstić information content (AvgIpc) is 3.24. The maximum absolute atomic E-state index is 13.9. The van der Waals surface area contributed by atoms with Crippen LogP contribution >= 0.6 is 11.6 Å². The number of piperazine rings is 1. The molecule has 7 nitrogen and oxygen atoms in total. The van der Waals surface area contributed by atoms with Gasteiger partial charge in [0, 0.05) is 76.1 Å². The number of rotatable bonds is 5. The van der Waals surface area contributed by atoms with Crippen molar-refractivity contribution >= 4 is 29.5 Å². The smallest absolute Gasteiger partial charge is 0.355 e. The molecule has 3 fully saturated rings. The van der Waals surface area contributed by atoms with Crippen LogP contribution in [0.4, 0.5) is 17.6 Å². The summed E-state index contributed by atoms with van der Waals surface area (Å²) >= 11 is 5.74. The quantitative estimate of drug-likeness (QED) is 0.356. The van der Waals surface area contributed by atoms with Gasteiger partial charge in [0.1, 0.15) is 17.5 Å². The Balaban J connectivity index is 1.36. The van der Waals surface area contributed by atoms with E-state index in [-0.39, 0.29) is 17.3 Å². The normalized spacial score (nSPS) is 26.6. The summed E-state index contributed by atoms with van der Waals surface area (Å²) in [6, 6.07) is 0.724. The molecule has 0 aromatic rings. The van der Waals surface area contributed by atoms with Gasteiger partial charge < -0.3 is 20.0 Å². The van der Waals surface area contributed by atoms with Crippen LogP contribution < -0.4 is 5.32 Å². The summed E-state index contributed by atoms with van der Waals surface area (Å²) in [5.41, 5.74) is 0.247. The Morgan fingerprint density at radius 2 is 1.95 bits per heavy atom. The molecule has 3 saturated heterocycles. The van der Waals surface area contributed by atoms with E-state index in [2.05, 4.69) is 20.1 Å². The predicted molar refractivity (Wildman–Crippen MR) is 151 cm³/mol. The van der Waals surface area contributed by atoms with Crippen LogP contribution in [-0.4, -0.2) is 90.1 Å². The number of alkyl halides is 3. The Bertz CT molecular complexity index is 1220. The van der Waals surface area contributed by atoms with Gasteiger partial charge in [0.05, 0.1) is 10.6 Å². The van der Waals surface area contributed by atoms with Crippen LogP contribution in [0.15, 0.2) is 73.4 Å². The largest absolute Gasteiger partial charge is 0.416 e. The van der Waals surface area contributed by atoms with Gasteiger partial charge in [-0.15, -0.1) is 0 Å². The molecule has 2 bridgehead atoms. The monoisotopic (exact) mass is 579 g/mol. The molecule has 5 aliphatic rings. The van der Waals surface area contributed by atoms with Crippen LogP contribution in [0, 0.1) is 0 Å². The topological polar surface area (TPSA) is 58.8 Å². The Labute approximate surface area is 237 Å². The first-order valence-electron chi connectivity index (χ1n) is 13.7. The van der Waals surface area contributed by atoms with E-state index < -0.39 is 17.6 Å². The van der Waals surface area contributed by atoms with Gasteiger partial charge in [0.2, 0.25) is 5.96 Å². The maximum Gasteiger partial charge on any atom is 0.416 e. The van der Waals surface area contributed by atoms with Gasteiger partial charge in [-0.1, -0.05) is 23.8 Å². The summed E-state index contributed by atoms with van der Waals surface area (Å²) in [5.74, 6) is 0.947. The van der Waals surface area contributed by atoms with Crippen molar-refractivity contribution in [1.29, 1.82) is 0 Å². The lowest BCUT2D eigenvalue weighted by Gasteiger charge is -2.30. The van der Waals surface area contributed by atoms with Gasteiger partial charge in [-0.2, -0.15) is 18.2 Å². The Kier molecular flexibility index (Phi) is 8.80. The number of nitrogens with zero attached hydrogens (tertiary/aromatic N) is 6. The number of fused-ring (bicyclic) bond motifs is 2. The highest BCUT2D eigenvalue weighted by molar-refractivity contribution is 6.29. The fraction of sp³-hybridized carbons (Fsp3) is 0.536. The van der Waals surface area contributed by atoms with Gasteiger partial charge >= 0.3 is 6.18 Å². The molecule has 2 atom stereocenters. The van der Waals surface area contributed by atoms with Crippen LogP contribution in [0.2, 0.25) is 0 Å². The zero-order chi connectivity index (χ0) is 28.3. The van der Waals surface area contributed by atoms with E-state index in [1.807, 2.05) is 6.08 Å². The van der Waals surface area contributed by atoms with E-state index in [4.69, 9.17) is 21.6 Å². The molecule has 0 aromatic heterocycles. The molecule has 216 valence electrons. The molecule has 5 rings (SSSR count). The van der Waals surface area contributed by atoms with Crippen LogP contribution in [-0.2, 0) is 0 Å². The fourth-order valence-corrected chi connectivity index (χ4v) is 5.71. The maximum atomic E-state index is 13.9. The molecule has 2 unspecified atom stereocenters. The van der Waals surface area contributed by atoms with Crippen molar-refractivity contribution in [2.75, 3.05) is 39.3 Å². The number of nitrogens with one attached hydrogen (secondary N) is 1. The van der Waals surface area contributed by atoms with Crippen molar-refractivity contribution in [2.45, 2.75) is 57.3 Å². The molecule has 0 aliphatic carbocycles. The van der Waals surface area contributed by atoms with Gasteiger partial charge in [0.15, 0.2) is 0 Å². The molecule has 0 saturated carbocycles. The van der Waals surface area contributed by atoms with Crippen LogP contribution in [0.25, 0.3) is 0 Å². The summed E-state index contributed by atoms with van der Waals surface area (Å²) in [5, 5.41) is 3.60. The number of allylic oxidation sites excluding steroid dienone is 8. The zero-order valence-electron chi connectivity index (χ0n) is 22.5. The molecule has 5 heterocycles. The predicted octanol–water partition coefficient (Wildman–Crippen LogP) is 5.27. The molecular formula is C28H34ClF4N7. The van der Waals surface area contributed by atoms with Gasteiger partial charge in [-0.25, -0.2) is 14.4 Å². The SMILES string of the molecule is C/C(Cl)=C(F)\C=C/CC1=NC(N2CC3CC2CN3)=NC(N2CCCN(C3=C(C(F)(F)F)CC=CC=N3)CC2)=CC1. The van der Waals surface area contributed by atoms with Crippen molar-refractivity contribution in [2.24, 2.45) is 15.0 Å². The Morgan fingerprint density at radius 3 is 2.67 bits per heavy atom.